The van der Waals surface area contributed by atoms with E-state index >= 15 is 0 Å². The summed E-state index contributed by atoms with van der Waals surface area (Å²) in [5.41, 5.74) is 1.70. The molecule has 19 heavy (non-hydrogen) atoms. The number of oxazole rings is 1. The molecule has 0 radical (unpaired) electrons. The van der Waals surface area contributed by atoms with Gasteiger partial charge in [-0.05, 0) is 61.6 Å². The predicted octanol–water partition coefficient (Wildman–Crippen LogP) is 3.97. The van der Waals surface area contributed by atoms with Crippen LogP contribution in [-0.2, 0) is 6.54 Å². The Morgan fingerprint density at radius 2 is 2.11 bits per heavy atom. The van der Waals surface area contributed by atoms with Gasteiger partial charge in [0.2, 0.25) is 0 Å². The van der Waals surface area contributed by atoms with Gasteiger partial charge >= 0.3 is 0 Å². The summed E-state index contributed by atoms with van der Waals surface area (Å²) in [4.78, 5) is 4.23. The Bertz CT molecular complexity index is 575. The van der Waals surface area contributed by atoms with Crippen LogP contribution >= 0.6 is 22.6 Å². The van der Waals surface area contributed by atoms with E-state index in [0.29, 0.717) is 12.3 Å². The molecule has 0 aliphatic carbocycles. The van der Waals surface area contributed by atoms with Gasteiger partial charge < -0.3 is 9.73 Å². The molecule has 2 aromatic rings. The smallest absolute Gasteiger partial charge is 0.181 e. The number of nitrogens with zero attached hydrogens (tertiary/aromatic N) is 1. The van der Waals surface area contributed by atoms with Gasteiger partial charge in [0.05, 0.1) is 0 Å². The maximum absolute atomic E-state index is 13.1. The fourth-order valence-corrected chi connectivity index (χ4v) is 2.36. The van der Waals surface area contributed by atoms with Crippen LogP contribution in [0.2, 0.25) is 0 Å². The van der Waals surface area contributed by atoms with Crippen molar-refractivity contribution < 1.29 is 8.81 Å². The van der Waals surface area contributed by atoms with Crippen LogP contribution in [0.4, 0.5) is 4.39 Å². The van der Waals surface area contributed by atoms with E-state index < -0.39 is 0 Å². The zero-order valence-electron chi connectivity index (χ0n) is 11.1. The van der Waals surface area contributed by atoms with Crippen LogP contribution < -0.4 is 5.32 Å². The molecule has 0 fully saturated rings. The van der Waals surface area contributed by atoms with Crippen molar-refractivity contribution in [3.8, 4) is 11.3 Å². The van der Waals surface area contributed by atoms with E-state index in [1.807, 2.05) is 0 Å². The molecule has 0 saturated carbocycles. The summed E-state index contributed by atoms with van der Waals surface area (Å²) in [5.74, 6) is 0.447. The minimum absolute atomic E-state index is 0.00612. The third-order valence-corrected chi connectivity index (χ3v) is 3.50. The highest BCUT2D eigenvalue weighted by molar-refractivity contribution is 14.1. The van der Waals surface area contributed by atoms with Crippen LogP contribution in [0.3, 0.4) is 0 Å². The number of halogens is 2. The van der Waals surface area contributed by atoms with E-state index in [2.05, 4.69) is 53.7 Å². The fraction of sp³-hybridized carbons (Fsp3) is 0.357. The van der Waals surface area contributed by atoms with Gasteiger partial charge in [-0.25, -0.2) is 9.37 Å². The molecule has 0 unspecified atom stereocenters. The molecule has 0 aliphatic heterocycles. The molecule has 1 aromatic heterocycles. The first-order chi connectivity index (χ1) is 8.87. The summed E-state index contributed by atoms with van der Waals surface area (Å²) in [5, 5.41) is 3.37. The lowest BCUT2D eigenvalue weighted by molar-refractivity contribution is 0.421. The second-order valence-electron chi connectivity index (χ2n) is 5.36. The van der Waals surface area contributed by atoms with E-state index in [0.717, 1.165) is 14.8 Å². The van der Waals surface area contributed by atoms with Gasteiger partial charge in [0.15, 0.2) is 12.2 Å². The standard InChI is InChI=1S/C14H16FIN2O/c1-14(2,3)18-7-12-13(19-8-17-12)10-5-4-9(15)6-11(10)16/h4-6,8,18H,7H2,1-3H3. The van der Waals surface area contributed by atoms with Gasteiger partial charge in [0, 0.05) is 21.2 Å². The summed E-state index contributed by atoms with van der Waals surface area (Å²) in [7, 11) is 0. The summed E-state index contributed by atoms with van der Waals surface area (Å²) in [6.07, 6.45) is 1.43. The monoisotopic (exact) mass is 374 g/mol. The third kappa shape index (κ3) is 3.76. The molecule has 0 bridgehead atoms. The first-order valence-corrected chi connectivity index (χ1v) is 7.07. The maximum Gasteiger partial charge on any atom is 0.181 e. The SMILES string of the molecule is CC(C)(C)NCc1ncoc1-c1ccc(F)cc1I. The van der Waals surface area contributed by atoms with Crippen LogP contribution in [0.25, 0.3) is 11.3 Å². The average molecular weight is 374 g/mol. The number of nitrogens with one attached hydrogen (secondary N) is 1. The van der Waals surface area contributed by atoms with Crippen molar-refractivity contribution in [3.63, 3.8) is 0 Å². The Morgan fingerprint density at radius 3 is 2.74 bits per heavy atom. The second kappa shape index (κ2) is 5.58. The van der Waals surface area contributed by atoms with E-state index in [1.165, 1.54) is 18.5 Å². The molecule has 0 saturated heterocycles. The van der Waals surface area contributed by atoms with Crippen LogP contribution in [0.1, 0.15) is 26.5 Å². The first kappa shape index (κ1) is 14.5. The zero-order valence-corrected chi connectivity index (χ0v) is 13.3. The van der Waals surface area contributed by atoms with E-state index in [-0.39, 0.29) is 11.4 Å². The van der Waals surface area contributed by atoms with E-state index in [9.17, 15) is 4.39 Å². The van der Waals surface area contributed by atoms with Crippen molar-refractivity contribution >= 4 is 22.6 Å². The van der Waals surface area contributed by atoms with Gasteiger partial charge in [-0.3, -0.25) is 0 Å². The average Bonchev–Trinajstić information content (AvgIpc) is 2.73. The quantitative estimate of drug-likeness (QED) is 0.827. The Labute approximate surface area is 125 Å². The first-order valence-electron chi connectivity index (χ1n) is 5.99. The van der Waals surface area contributed by atoms with Crippen LogP contribution in [-0.4, -0.2) is 10.5 Å². The van der Waals surface area contributed by atoms with Gasteiger partial charge in [-0.2, -0.15) is 0 Å². The largest absolute Gasteiger partial charge is 0.443 e. The van der Waals surface area contributed by atoms with Gasteiger partial charge in [0.1, 0.15) is 11.5 Å². The third-order valence-electron chi connectivity index (χ3n) is 2.60. The topological polar surface area (TPSA) is 38.1 Å². The molecule has 0 aliphatic rings. The molecule has 1 N–H and O–H groups in total. The zero-order chi connectivity index (χ0) is 14.0. The molecule has 3 nitrogen and oxygen atoms in total. The molecule has 1 heterocycles. The van der Waals surface area contributed by atoms with Crippen molar-refractivity contribution in [1.29, 1.82) is 0 Å². The van der Waals surface area contributed by atoms with Crippen LogP contribution in [0.5, 0.6) is 0 Å². The molecule has 2 rings (SSSR count). The number of aromatic nitrogens is 1. The lowest BCUT2D eigenvalue weighted by Crippen LogP contribution is -2.35. The molecule has 5 heteroatoms. The normalized spacial score (nSPS) is 11.8. The fourth-order valence-electron chi connectivity index (χ4n) is 1.64. The molecule has 102 valence electrons. The maximum atomic E-state index is 13.1. The number of hydrogen-bond acceptors (Lipinski definition) is 3. The Morgan fingerprint density at radius 1 is 1.37 bits per heavy atom. The van der Waals surface area contributed by atoms with Crippen LogP contribution in [0, 0.1) is 9.39 Å². The van der Waals surface area contributed by atoms with Gasteiger partial charge in [0.25, 0.3) is 0 Å². The van der Waals surface area contributed by atoms with Gasteiger partial charge in [-0.15, -0.1) is 0 Å². The molecular weight excluding hydrogens is 358 g/mol. The molecule has 0 amide bonds. The Balaban J connectivity index is 2.28. The van der Waals surface area contributed by atoms with Crippen molar-refractivity contribution in [1.82, 2.24) is 10.3 Å². The minimum atomic E-state index is -0.248. The highest BCUT2D eigenvalue weighted by atomic mass is 127. The van der Waals surface area contributed by atoms with E-state index in [1.54, 1.807) is 6.07 Å². The Kier molecular flexibility index (Phi) is 4.25. The molecular formula is C14H16FIN2O. The second-order valence-corrected chi connectivity index (χ2v) is 6.52. The van der Waals surface area contributed by atoms with Crippen LogP contribution in [0.15, 0.2) is 29.0 Å². The van der Waals surface area contributed by atoms with Crippen molar-refractivity contribution in [3.05, 3.63) is 39.7 Å². The molecule has 0 atom stereocenters. The lowest BCUT2D eigenvalue weighted by atomic mass is 10.1. The van der Waals surface area contributed by atoms with Crippen molar-refractivity contribution in [2.24, 2.45) is 0 Å². The number of benzene rings is 1. The number of hydrogen-bond donors (Lipinski definition) is 1. The minimum Gasteiger partial charge on any atom is -0.443 e. The summed E-state index contributed by atoms with van der Waals surface area (Å²) >= 11 is 2.10. The van der Waals surface area contributed by atoms with Crippen molar-refractivity contribution in [2.75, 3.05) is 0 Å². The summed E-state index contributed by atoms with van der Waals surface area (Å²) < 4.78 is 19.4. The summed E-state index contributed by atoms with van der Waals surface area (Å²) in [6, 6.07) is 4.64. The Hall–Kier alpha value is -0.950. The highest BCUT2D eigenvalue weighted by Gasteiger charge is 2.16. The molecule has 1 aromatic carbocycles. The summed E-state index contributed by atoms with van der Waals surface area (Å²) in [6.45, 7) is 6.89. The predicted molar refractivity (Wildman–Crippen MR) is 81.2 cm³/mol. The lowest BCUT2D eigenvalue weighted by Gasteiger charge is -2.19. The van der Waals surface area contributed by atoms with E-state index in [4.69, 9.17) is 4.42 Å². The van der Waals surface area contributed by atoms with Crippen molar-refractivity contribution in [2.45, 2.75) is 32.9 Å². The highest BCUT2D eigenvalue weighted by Crippen LogP contribution is 2.28. The van der Waals surface area contributed by atoms with Gasteiger partial charge in [-0.1, -0.05) is 0 Å². The molecule has 0 spiro atoms. The number of rotatable bonds is 3.